The number of nitrogens with zero attached hydrogens (tertiary/aromatic N) is 2. The Morgan fingerprint density at radius 1 is 1.78 bits per heavy atom. The van der Waals surface area contributed by atoms with Gasteiger partial charge in [-0.2, -0.15) is 4.39 Å². The van der Waals surface area contributed by atoms with Crippen LogP contribution in [0.3, 0.4) is 0 Å². The summed E-state index contributed by atoms with van der Waals surface area (Å²) in [4.78, 5) is 0. The van der Waals surface area contributed by atoms with E-state index >= 15 is 0 Å². The maximum atomic E-state index is 12.0. The van der Waals surface area contributed by atoms with E-state index in [4.69, 9.17) is 5.11 Å². The lowest BCUT2D eigenvalue weighted by Crippen LogP contribution is -2.02. The highest BCUT2D eigenvalue weighted by atomic mass is 19.1. The van der Waals surface area contributed by atoms with Gasteiger partial charge < -0.3 is 5.11 Å². The average Bonchev–Trinajstić information content (AvgIpc) is 2.17. The number of aliphatic hydroxyl groups excluding tert-OH is 1. The van der Waals surface area contributed by atoms with Gasteiger partial charge in [-0.15, -0.1) is 5.10 Å². The van der Waals surface area contributed by atoms with Crippen LogP contribution < -0.4 is 0 Å². The Hall–Kier alpha value is -0.900. The molecule has 1 heterocycles. The third-order valence-electron chi connectivity index (χ3n) is 0.937. The van der Waals surface area contributed by atoms with Crippen LogP contribution in [-0.4, -0.2) is 21.5 Å². The van der Waals surface area contributed by atoms with E-state index in [0.717, 1.165) is 0 Å². The zero-order chi connectivity index (χ0) is 6.69. The summed E-state index contributed by atoms with van der Waals surface area (Å²) in [6, 6.07) is 1.25. The predicted molar refractivity (Wildman–Crippen MR) is 29.3 cm³/mol. The second-order valence-corrected chi connectivity index (χ2v) is 1.63. The van der Waals surface area contributed by atoms with E-state index in [1.165, 1.54) is 16.9 Å². The lowest BCUT2D eigenvalue weighted by Gasteiger charge is -1.92. The molecular weight excluding hydrogens is 123 g/mol. The summed E-state index contributed by atoms with van der Waals surface area (Å²) in [6.45, 7) is 0.338. The molecule has 0 amide bonds. The van der Waals surface area contributed by atoms with Crippen molar-refractivity contribution in [2.24, 2.45) is 0 Å². The number of aromatic nitrogens is 2. The summed E-state index contributed by atoms with van der Waals surface area (Å²) in [6.07, 6.45) is 1.48. The summed E-state index contributed by atoms with van der Waals surface area (Å²) in [7, 11) is 0. The molecule has 1 N–H and O–H groups in total. The third kappa shape index (κ3) is 1.50. The Bertz CT molecular complexity index is 187. The Morgan fingerprint density at radius 3 is 3.00 bits per heavy atom. The minimum Gasteiger partial charge on any atom is -0.394 e. The molecule has 0 saturated heterocycles. The van der Waals surface area contributed by atoms with E-state index in [1.807, 2.05) is 0 Å². The standard InChI is InChI=1S/C5H7FN2O/c6-5-1-2-8(7-5)3-4-9/h1-2,9H,3-4H2. The van der Waals surface area contributed by atoms with Crippen LogP contribution in [0.25, 0.3) is 0 Å². The van der Waals surface area contributed by atoms with E-state index in [9.17, 15) is 4.39 Å². The highest BCUT2D eigenvalue weighted by molar-refractivity contribution is 4.81. The SMILES string of the molecule is OCCn1ccc(F)n1. The van der Waals surface area contributed by atoms with Crippen LogP contribution in [0.15, 0.2) is 12.3 Å². The maximum absolute atomic E-state index is 12.0. The molecule has 0 radical (unpaired) electrons. The molecule has 9 heavy (non-hydrogen) atoms. The molecule has 1 aromatic heterocycles. The van der Waals surface area contributed by atoms with Gasteiger partial charge in [0.05, 0.1) is 13.2 Å². The first-order chi connectivity index (χ1) is 4.33. The molecule has 0 fully saturated rings. The first kappa shape index (κ1) is 6.22. The van der Waals surface area contributed by atoms with Gasteiger partial charge in [0, 0.05) is 12.3 Å². The van der Waals surface area contributed by atoms with Crippen molar-refractivity contribution in [3.8, 4) is 0 Å². The molecular formula is C5H7FN2O. The molecule has 0 aliphatic carbocycles. The van der Waals surface area contributed by atoms with Gasteiger partial charge in [-0.25, -0.2) is 0 Å². The molecule has 0 aliphatic rings. The summed E-state index contributed by atoms with van der Waals surface area (Å²) < 4.78 is 13.4. The molecule has 0 aromatic carbocycles. The van der Waals surface area contributed by atoms with Crippen LogP contribution in [0.1, 0.15) is 0 Å². The van der Waals surface area contributed by atoms with Crippen molar-refractivity contribution in [1.29, 1.82) is 0 Å². The van der Waals surface area contributed by atoms with E-state index in [2.05, 4.69) is 5.10 Å². The molecule has 50 valence electrons. The van der Waals surface area contributed by atoms with E-state index in [-0.39, 0.29) is 6.61 Å². The maximum Gasteiger partial charge on any atom is 0.232 e. The molecule has 3 nitrogen and oxygen atoms in total. The molecule has 0 aliphatic heterocycles. The molecule has 1 aromatic rings. The minimum absolute atomic E-state index is 0.0128. The van der Waals surface area contributed by atoms with Gasteiger partial charge in [-0.3, -0.25) is 4.68 Å². The monoisotopic (exact) mass is 130 g/mol. The van der Waals surface area contributed by atoms with Crippen LogP contribution in [0.2, 0.25) is 0 Å². The van der Waals surface area contributed by atoms with Gasteiger partial charge >= 0.3 is 0 Å². The quantitative estimate of drug-likeness (QED) is 0.612. The molecule has 0 spiro atoms. The summed E-state index contributed by atoms with van der Waals surface area (Å²) in [5.74, 6) is -0.511. The van der Waals surface area contributed by atoms with Crippen molar-refractivity contribution < 1.29 is 9.50 Å². The molecule has 1 rings (SSSR count). The Kier molecular flexibility index (Phi) is 1.79. The summed E-state index contributed by atoms with van der Waals surface area (Å²) >= 11 is 0. The van der Waals surface area contributed by atoms with Crippen molar-refractivity contribution in [2.45, 2.75) is 6.54 Å². The highest BCUT2D eigenvalue weighted by Gasteiger charge is 1.92. The van der Waals surface area contributed by atoms with E-state index in [0.29, 0.717) is 6.54 Å². The fourth-order valence-corrected chi connectivity index (χ4v) is 0.564. The highest BCUT2D eigenvalue weighted by Crippen LogP contribution is 1.90. The fraction of sp³-hybridized carbons (Fsp3) is 0.400. The van der Waals surface area contributed by atoms with Gasteiger partial charge in [0.1, 0.15) is 0 Å². The van der Waals surface area contributed by atoms with Crippen LogP contribution >= 0.6 is 0 Å². The van der Waals surface area contributed by atoms with Crippen molar-refractivity contribution in [2.75, 3.05) is 6.61 Å². The minimum atomic E-state index is -0.511. The van der Waals surface area contributed by atoms with E-state index < -0.39 is 5.95 Å². The van der Waals surface area contributed by atoms with Crippen molar-refractivity contribution in [3.05, 3.63) is 18.2 Å². The predicted octanol–water partition coefficient (Wildman–Crippen LogP) is 0.0145. The van der Waals surface area contributed by atoms with Gasteiger partial charge in [0.15, 0.2) is 0 Å². The number of aliphatic hydroxyl groups is 1. The number of hydrogen-bond acceptors (Lipinski definition) is 2. The normalized spacial score (nSPS) is 10.0. The van der Waals surface area contributed by atoms with Gasteiger partial charge in [0.2, 0.25) is 5.95 Å². The van der Waals surface area contributed by atoms with E-state index in [1.54, 1.807) is 0 Å². The zero-order valence-corrected chi connectivity index (χ0v) is 4.79. The summed E-state index contributed by atoms with van der Waals surface area (Å²) in [5.41, 5.74) is 0. The summed E-state index contributed by atoms with van der Waals surface area (Å²) in [5, 5.41) is 11.7. The van der Waals surface area contributed by atoms with Crippen molar-refractivity contribution in [1.82, 2.24) is 9.78 Å². The number of halogens is 1. The second-order valence-electron chi connectivity index (χ2n) is 1.63. The van der Waals surface area contributed by atoms with Gasteiger partial charge in [-0.05, 0) is 0 Å². The van der Waals surface area contributed by atoms with Gasteiger partial charge in [-0.1, -0.05) is 0 Å². The molecule has 4 heteroatoms. The fourth-order valence-electron chi connectivity index (χ4n) is 0.564. The molecule has 0 atom stereocenters. The first-order valence-electron chi connectivity index (χ1n) is 2.63. The topological polar surface area (TPSA) is 38.0 Å². The number of hydrogen-bond donors (Lipinski definition) is 1. The average molecular weight is 130 g/mol. The lowest BCUT2D eigenvalue weighted by atomic mass is 10.7. The number of rotatable bonds is 2. The molecule has 0 unspecified atom stereocenters. The Balaban J connectivity index is 2.61. The lowest BCUT2D eigenvalue weighted by molar-refractivity contribution is 0.267. The Morgan fingerprint density at radius 2 is 2.56 bits per heavy atom. The van der Waals surface area contributed by atoms with Crippen LogP contribution in [0.4, 0.5) is 4.39 Å². The second kappa shape index (κ2) is 2.59. The van der Waals surface area contributed by atoms with Gasteiger partial charge in [0.25, 0.3) is 0 Å². The molecule has 0 saturated carbocycles. The van der Waals surface area contributed by atoms with Crippen LogP contribution in [-0.2, 0) is 6.54 Å². The van der Waals surface area contributed by atoms with Crippen LogP contribution in [0.5, 0.6) is 0 Å². The third-order valence-corrected chi connectivity index (χ3v) is 0.937. The van der Waals surface area contributed by atoms with Crippen LogP contribution in [0, 0.1) is 5.95 Å². The zero-order valence-electron chi connectivity index (χ0n) is 4.79. The van der Waals surface area contributed by atoms with Crippen molar-refractivity contribution in [3.63, 3.8) is 0 Å². The smallest absolute Gasteiger partial charge is 0.232 e. The van der Waals surface area contributed by atoms with Crippen molar-refractivity contribution >= 4 is 0 Å². The molecule has 0 bridgehead atoms. The largest absolute Gasteiger partial charge is 0.394 e. The first-order valence-corrected chi connectivity index (χ1v) is 2.63. The Labute approximate surface area is 51.7 Å².